The van der Waals surface area contributed by atoms with E-state index in [-0.39, 0.29) is 5.75 Å². The summed E-state index contributed by atoms with van der Waals surface area (Å²) in [6.07, 6.45) is 0. The van der Waals surface area contributed by atoms with Gasteiger partial charge in [-0.1, -0.05) is 54.3 Å². The maximum absolute atomic E-state index is 9.20. The van der Waals surface area contributed by atoms with Crippen LogP contribution in [0.4, 0.5) is 0 Å². The lowest BCUT2D eigenvalue weighted by molar-refractivity contribution is 0.475. The number of phenols is 1. The summed E-state index contributed by atoms with van der Waals surface area (Å²) in [5.74, 6) is 1.17. The molecule has 0 radical (unpaired) electrons. The molecule has 18 heavy (non-hydrogen) atoms. The molecule has 0 fully saturated rings. The van der Waals surface area contributed by atoms with Crippen LogP contribution in [0.15, 0.2) is 59.5 Å². The van der Waals surface area contributed by atoms with Crippen molar-refractivity contribution in [1.82, 2.24) is 0 Å². The summed E-state index contributed by atoms with van der Waals surface area (Å²) in [4.78, 5) is 1.05. The molecule has 0 aliphatic carbocycles. The highest BCUT2D eigenvalue weighted by Crippen LogP contribution is 2.29. The molecule has 1 nitrogen and oxygen atoms in total. The zero-order chi connectivity index (χ0) is 12.8. The number of thiocarbonyl (C=S) groups is 1. The number of hydrogen-bond donors (Lipinski definition) is 1. The predicted molar refractivity (Wildman–Crippen MR) is 84.3 cm³/mol. The second-order valence-corrected chi connectivity index (χ2v) is 6.87. The van der Waals surface area contributed by atoms with Crippen LogP contribution < -0.4 is 0 Å². The number of rotatable bonds is 3. The molecule has 2 rings (SSSR count). The molecule has 0 heterocycles. The maximum atomic E-state index is 9.20. The van der Waals surface area contributed by atoms with Gasteiger partial charge in [-0.15, -0.1) is 11.8 Å². The van der Waals surface area contributed by atoms with Crippen molar-refractivity contribution in [3.05, 3.63) is 60.2 Å². The fourth-order valence-electron chi connectivity index (χ4n) is 1.36. The Hall–Kier alpha value is -0.970. The monoisotopic (exact) mass is 292 g/mol. The Morgan fingerprint density at radius 2 is 1.67 bits per heavy atom. The van der Waals surface area contributed by atoms with Gasteiger partial charge in [0, 0.05) is 10.6 Å². The molecule has 0 aromatic heterocycles. The molecule has 4 heteroatoms. The van der Waals surface area contributed by atoms with Crippen LogP contribution in [-0.2, 0) is 5.75 Å². The smallest absolute Gasteiger partial charge is 0.115 e. The zero-order valence-corrected chi connectivity index (χ0v) is 12.0. The van der Waals surface area contributed by atoms with Gasteiger partial charge >= 0.3 is 0 Å². The van der Waals surface area contributed by atoms with E-state index in [4.69, 9.17) is 12.2 Å². The van der Waals surface area contributed by atoms with Gasteiger partial charge in [0.15, 0.2) is 0 Å². The van der Waals surface area contributed by atoms with Gasteiger partial charge in [0.1, 0.15) is 9.28 Å². The largest absolute Gasteiger partial charge is 0.508 e. The van der Waals surface area contributed by atoms with E-state index in [0.717, 1.165) is 14.2 Å². The number of phenolic OH excluding ortho intramolecular Hbond substituents is 1. The van der Waals surface area contributed by atoms with E-state index in [2.05, 4.69) is 12.1 Å². The summed E-state index contributed by atoms with van der Waals surface area (Å²) in [7, 11) is 0. The lowest BCUT2D eigenvalue weighted by Crippen LogP contribution is -1.84. The molecule has 0 saturated carbocycles. The normalized spacial score (nSPS) is 10.2. The number of benzene rings is 2. The van der Waals surface area contributed by atoms with Crippen LogP contribution in [0.3, 0.4) is 0 Å². The molecular formula is C14H12OS3. The highest BCUT2D eigenvalue weighted by atomic mass is 32.2. The summed E-state index contributed by atoms with van der Waals surface area (Å²) >= 11 is 8.55. The van der Waals surface area contributed by atoms with E-state index < -0.39 is 0 Å². The molecule has 2 aromatic carbocycles. The Bertz CT molecular complexity index is 508. The maximum Gasteiger partial charge on any atom is 0.115 e. The third-order valence-electron chi connectivity index (χ3n) is 2.24. The highest BCUT2D eigenvalue weighted by Gasteiger charge is 2.02. The average molecular weight is 292 g/mol. The summed E-state index contributed by atoms with van der Waals surface area (Å²) < 4.78 is 0.893. The molecule has 2 aromatic rings. The van der Waals surface area contributed by atoms with E-state index in [1.807, 2.05) is 30.3 Å². The summed E-state index contributed by atoms with van der Waals surface area (Å²) in [6, 6.07) is 17.4. The topological polar surface area (TPSA) is 20.2 Å². The van der Waals surface area contributed by atoms with Crippen LogP contribution in [0, 0.1) is 0 Å². The number of aromatic hydroxyl groups is 1. The van der Waals surface area contributed by atoms with Crippen molar-refractivity contribution >= 4 is 39.3 Å². The van der Waals surface area contributed by atoms with Gasteiger partial charge in [0.25, 0.3) is 0 Å². The average Bonchev–Trinajstić information content (AvgIpc) is 2.40. The first-order valence-corrected chi connectivity index (χ1v) is 7.62. The predicted octanol–water partition coefficient (Wildman–Crippen LogP) is 4.70. The second-order valence-electron chi connectivity index (χ2n) is 3.62. The van der Waals surface area contributed by atoms with Gasteiger partial charge in [0.2, 0.25) is 0 Å². The Morgan fingerprint density at radius 1 is 1.00 bits per heavy atom. The van der Waals surface area contributed by atoms with Crippen LogP contribution >= 0.6 is 35.7 Å². The molecule has 0 bridgehead atoms. The Labute approximate surface area is 121 Å². The van der Waals surface area contributed by atoms with Crippen LogP contribution in [0.2, 0.25) is 0 Å². The minimum absolute atomic E-state index is 0.280. The first kappa shape index (κ1) is 13.5. The molecule has 92 valence electrons. The fraction of sp³-hybridized carbons (Fsp3) is 0.0714. The van der Waals surface area contributed by atoms with E-state index in [1.54, 1.807) is 35.7 Å². The zero-order valence-electron chi connectivity index (χ0n) is 9.58. The highest BCUT2D eigenvalue weighted by molar-refractivity contribution is 8.46. The fourth-order valence-corrected chi connectivity index (χ4v) is 3.46. The third-order valence-corrected chi connectivity index (χ3v) is 4.83. The van der Waals surface area contributed by atoms with Crippen molar-refractivity contribution < 1.29 is 5.11 Å². The molecule has 0 amide bonds. The molecular weight excluding hydrogens is 280 g/mol. The standard InChI is InChI=1S/C14H12OS3/c15-12-6-8-13(9-7-12)18-14(16)17-10-11-4-2-1-3-5-11/h1-9,15H,10H2. The van der Waals surface area contributed by atoms with Crippen LogP contribution in [0.5, 0.6) is 5.75 Å². The molecule has 0 saturated heterocycles. The van der Waals surface area contributed by atoms with Crippen molar-refractivity contribution in [2.45, 2.75) is 10.6 Å². The van der Waals surface area contributed by atoms with Crippen molar-refractivity contribution in [2.24, 2.45) is 0 Å². The van der Waals surface area contributed by atoms with Crippen LogP contribution in [0.1, 0.15) is 5.56 Å². The van der Waals surface area contributed by atoms with Gasteiger partial charge < -0.3 is 5.11 Å². The van der Waals surface area contributed by atoms with Gasteiger partial charge in [-0.25, -0.2) is 0 Å². The van der Waals surface area contributed by atoms with Crippen LogP contribution in [0.25, 0.3) is 0 Å². The lowest BCUT2D eigenvalue weighted by Gasteiger charge is -2.04. The summed E-state index contributed by atoms with van der Waals surface area (Å²) in [5, 5.41) is 9.20. The van der Waals surface area contributed by atoms with Gasteiger partial charge in [-0.05, 0) is 29.8 Å². The van der Waals surface area contributed by atoms with Gasteiger partial charge in [0.05, 0.1) is 0 Å². The van der Waals surface area contributed by atoms with E-state index in [0.29, 0.717) is 0 Å². The third kappa shape index (κ3) is 4.37. The first-order valence-electron chi connectivity index (χ1n) is 5.41. The summed E-state index contributed by atoms with van der Waals surface area (Å²) in [5.41, 5.74) is 1.27. The van der Waals surface area contributed by atoms with E-state index in [9.17, 15) is 5.11 Å². The number of hydrogen-bond acceptors (Lipinski definition) is 4. The van der Waals surface area contributed by atoms with Crippen molar-refractivity contribution in [1.29, 1.82) is 0 Å². The van der Waals surface area contributed by atoms with Gasteiger partial charge in [-0.3, -0.25) is 0 Å². The Morgan fingerprint density at radius 3 is 2.33 bits per heavy atom. The second kappa shape index (κ2) is 6.83. The molecule has 0 spiro atoms. The molecule has 0 unspecified atom stereocenters. The Balaban J connectivity index is 1.84. The first-order chi connectivity index (χ1) is 8.74. The minimum Gasteiger partial charge on any atom is -0.508 e. The van der Waals surface area contributed by atoms with Crippen molar-refractivity contribution in [3.8, 4) is 5.75 Å². The molecule has 1 N–H and O–H groups in total. The molecule has 0 atom stereocenters. The van der Waals surface area contributed by atoms with Crippen molar-refractivity contribution in [2.75, 3.05) is 0 Å². The van der Waals surface area contributed by atoms with E-state index in [1.165, 1.54) is 5.56 Å². The van der Waals surface area contributed by atoms with Crippen molar-refractivity contribution in [3.63, 3.8) is 0 Å². The SMILES string of the molecule is Oc1ccc(SC(=S)SCc2ccccc2)cc1. The quantitative estimate of drug-likeness (QED) is 0.653. The molecule has 0 aliphatic heterocycles. The molecule has 0 aliphatic rings. The minimum atomic E-state index is 0.280. The van der Waals surface area contributed by atoms with Gasteiger partial charge in [-0.2, -0.15) is 0 Å². The lowest BCUT2D eigenvalue weighted by atomic mass is 10.2. The van der Waals surface area contributed by atoms with Crippen LogP contribution in [-0.4, -0.2) is 8.64 Å². The Kier molecular flexibility index (Phi) is 5.11. The number of thioether (sulfide) groups is 2. The van der Waals surface area contributed by atoms with E-state index >= 15 is 0 Å². The summed E-state index contributed by atoms with van der Waals surface area (Å²) in [6.45, 7) is 0.